The van der Waals surface area contributed by atoms with Crippen LogP contribution in [0.3, 0.4) is 0 Å². The molecule has 0 spiro atoms. The van der Waals surface area contributed by atoms with Crippen molar-refractivity contribution >= 4 is 27.6 Å². The Morgan fingerprint density at radius 1 is 1.00 bits per heavy atom. The van der Waals surface area contributed by atoms with Gasteiger partial charge in [0.1, 0.15) is 11.4 Å². The number of nitrogens with two attached hydrogens (primary N) is 1. The summed E-state index contributed by atoms with van der Waals surface area (Å²) in [5, 5.41) is 11.5. The summed E-state index contributed by atoms with van der Waals surface area (Å²) in [7, 11) is -2.49. The average Bonchev–Trinajstić information content (AvgIpc) is 3.48. The normalized spacial score (nSPS) is 18.8. The molecule has 0 radical (unpaired) electrons. The zero-order valence-electron chi connectivity index (χ0n) is 29.2. The summed E-state index contributed by atoms with van der Waals surface area (Å²) in [5.74, 6) is -3.63. The molecule has 2 aromatic rings. The summed E-state index contributed by atoms with van der Waals surface area (Å²) < 4.78 is 78.0. The summed E-state index contributed by atoms with van der Waals surface area (Å²) in [6.45, 7) is 7.94. The van der Waals surface area contributed by atoms with E-state index in [1.165, 1.54) is 21.0 Å². The number of halogens is 3. The lowest BCUT2D eigenvalue weighted by Gasteiger charge is -2.31. The van der Waals surface area contributed by atoms with Crippen LogP contribution >= 0.6 is 0 Å². The van der Waals surface area contributed by atoms with Gasteiger partial charge in [0.2, 0.25) is 5.91 Å². The maximum Gasteiger partial charge on any atom is 0.414 e. The van der Waals surface area contributed by atoms with Crippen LogP contribution in [0.5, 0.6) is 5.75 Å². The first-order valence-electron chi connectivity index (χ1n) is 16.3. The molecule has 0 saturated carbocycles. The van der Waals surface area contributed by atoms with Crippen LogP contribution in [0.2, 0.25) is 0 Å². The van der Waals surface area contributed by atoms with Gasteiger partial charge in [-0.25, -0.2) is 13.2 Å². The number of aliphatic hydroxyl groups is 1. The van der Waals surface area contributed by atoms with Crippen molar-refractivity contribution in [2.45, 2.75) is 101 Å². The lowest BCUT2D eigenvalue weighted by atomic mass is 9.84. The fourth-order valence-corrected chi connectivity index (χ4v) is 7.59. The minimum atomic E-state index is -4.98. The van der Waals surface area contributed by atoms with Gasteiger partial charge < -0.3 is 30.5 Å². The predicted molar refractivity (Wildman–Crippen MR) is 181 cm³/mol. The molecule has 3 rings (SSSR count). The third-order valence-electron chi connectivity index (χ3n) is 8.62. The summed E-state index contributed by atoms with van der Waals surface area (Å²) in [4.78, 5) is 40.5. The first kappa shape index (κ1) is 40.7. The smallest absolute Gasteiger partial charge is 0.414 e. The molecular formula is C35H48F3N3O8S. The van der Waals surface area contributed by atoms with E-state index in [0.29, 0.717) is 16.9 Å². The monoisotopic (exact) mass is 727 g/mol. The number of ether oxygens (including phenoxy) is 2. The van der Waals surface area contributed by atoms with Crippen molar-refractivity contribution in [3.8, 4) is 5.75 Å². The zero-order valence-corrected chi connectivity index (χ0v) is 30.0. The van der Waals surface area contributed by atoms with Crippen molar-refractivity contribution in [3.63, 3.8) is 0 Å². The number of aliphatic hydroxyl groups excluding tert-OH is 1. The quantitative estimate of drug-likeness (QED) is 0.257. The molecule has 1 fully saturated rings. The molecule has 50 heavy (non-hydrogen) atoms. The molecule has 0 aliphatic carbocycles. The number of nitrogens with zero attached hydrogens (tertiary/aromatic N) is 1. The number of carbonyl (C=O) groups excluding carboxylic acids is 3. The van der Waals surface area contributed by atoms with Gasteiger partial charge in [0.15, 0.2) is 21.7 Å². The van der Waals surface area contributed by atoms with E-state index in [4.69, 9.17) is 15.2 Å². The number of carbonyl (C=O) groups is 3. The summed E-state index contributed by atoms with van der Waals surface area (Å²) in [6.07, 6.45) is -9.36. The van der Waals surface area contributed by atoms with Gasteiger partial charge >= 0.3 is 12.3 Å². The molecule has 1 saturated heterocycles. The number of methoxy groups -OCH3 is 1. The number of Topliss-reactive ketones (excluding diaryl/α,β-unsaturated/α-hetero) is 1. The van der Waals surface area contributed by atoms with Gasteiger partial charge in [0.25, 0.3) is 0 Å². The zero-order chi connectivity index (χ0) is 37.6. The molecule has 15 heteroatoms. The van der Waals surface area contributed by atoms with E-state index in [1.54, 1.807) is 69.3 Å². The molecule has 5 atom stereocenters. The molecule has 1 heterocycles. The van der Waals surface area contributed by atoms with Gasteiger partial charge in [-0.1, -0.05) is 50.2 Å². The molecule has 0 aromatic heterocycles. The van der Waals surface area contributed by atoms with Crippen molar-refractivity contribution in [2.75, 3.05) is 13.7 Å². The molecule has 1 aliphatic heterocycles. The number of hydrogen-bond donors (Lipinski definition) is 3. The second kappa shape index (κ2) is 16.6. The van der Waals surface area contributed by atoms with Gasteiger partial charge in [-0.05, 0) is 68.4 Å². The van der Waals surface area contributed by atoms with E-state index in [1.807, 2.05) is 0 Å². The largest absolute Gasteiger partial charge is 0.497 e. The minimum Gasteiger partial charge on any atom is -0.497 e. The molecule has 11 nitrogen and oxygen atoms in total. The maximum absolute atomic E-state index is 13.8. The number of benzene rings is 2. The lowest BCUT2D eigenvalue weighted by molar-refractivity contribution is -0.224. The second-order valence-corrected chi connectivity index (χ2v) is 16.3. The highest BCUT2D eigenvalue weighted by Gasteiger charge is 2.49. The molecule has 2 amide bonds. The fourth-order valence-electron chi connectivity index (χ4n) is 5.84. The van der Waals surface area contributed by atoms with Gasteiger partial charge in [-0.3, -0.25) is 9.59 Å². The van der Waals surface area contributed by atoms with Gasteiger partial charge in [-0.15, -0.1) is 0 Å². The molecule has 278 valence electrons. The highest BCUT2D eigenvalue weighted by atomic mass is 32.2. The SMILES string of the molecule is COc1ccc(CS(=O)(=O)[C@@H]2C[C@@H](C(=O)C[C@@H](C(C)C)[C@H](O)C(F)(F)F)N(C(=O)[C@@H](N)Cc3ccc(CNC(=O)OC(C)(C)C)cc3)C2)cc1. The highest BCUT2D eigenvalue weighted by Crippen LogP contribution is 2.35. The summed E-state index contributed by atoms with van der Waals surface area (Å²) in [5.41, 5.74) is 7.51. The fraction of sp³-hybridized carbons (Fsp3) is 0.571. The Kier molecular flexibility index (Phi) is 13.5. The van der Waals surface area contributed by atoms with Crippen molar-refractivity contribution in [1.29, 1.82) is 0 Å². The standard InChI is InChI=1S/C35H48F3N3O8S/c1-21(2)27(31(43)35(36,37)38)17-30(42)29-16-26(50(46,47)20-24-11-13-25(48-6)14-12-24)19-41(29)32(44)28(39)15-22-7-9-23(10-8-22)18-40-33(45)49-34(3,4)5/h7-14,21,26-29,31,43H,15-20,39H2,1-6H3,(H,40,45)/t26-,27+,28+,29+,31+/m1/s1. The first-order valence-corrected chi connectivity index (χ1v) is 18.1. The predicted octanol–water partition coefficient (Wildman–Crippen LogP) is 4.33. The number of alkyl halides is 3. The van der Waals surface area contributed by atoms with E-state index in [-0.39, 0.29) is 25.9 Å². The number of alkyl carbamates (subject to hydrolysis) is 1. The van der Waals surface area contributed by atoms with Crippen LogP contribution in [0.25, 0.3) is 0 Å². The minimum absolute atomic E-state index is 0.0146. The Balaban J connectivity index is 1.80. The number of nitrogens with one attached hydrogen (secondary N) is 1. The number of amides is 2. The number of likely N-dealkylation sites (tertiary alicyclic amines) is 1. The molecule has 2 aromatic carbocycles. The Morgan fingerprint density at radius 2 is 1.56 bits per heavy atom. The molecule has 0 bridgehead atoms. The Morgan fingerprint density at radius 3 is 2.08 bits per heavy atom. The van der Waals surface area contributed by atoms with E-state index in [2.05, 4.69) is 5.32 Å². The number of hydrogen-bond acceptors (Lipinski definition) is 9. The third kappa shape index (κ3) is 11.4. The van der Waals surface area contributed by atoms with Crippen molar-refractivity contribution in [2.24, 2.45) is 17.6 Å². The van der Waals surface area contributed by atoms with Gasteiger partial charge in [0, 0.05) is 25.4 Å². The Bertz CT molecular complexity index is 1580. The Labute approximate surface area is 291 Å². The van der Waals surface area contributed by atoms with Crippen LogP contribution in [0, 0.1) is 11.8 Å². The Hall–Kier alpha value is -3.69. The van der Waals surface area contributed by atoms with Crippen LogP contribution in [-0.2, 0) is 42.9 Å². The highest BCUT2D eigenvalue weighted by molar-refractivity contribution is 7.91. The molecule has 0 unspecified atom stereocenters. The summed E-state index contributed by atoms with van der Waals surface area (Å²) in [6, 6.07) is 10.7. The number of rotatable bonds is 14. The van der Waals surface area contributed by atoms with Crippen LogP contribution in [0.15, 0.2) is 48.5 Å². The average molecular weight is 728 g/mol. The van der Waals surface area contributed by atoms with Crippen molar-refractivity contribution in [3.05, 3.63) is 65.2 Å². The van der Waals surface area contributed by atoms with Crippen LogP contribution < -0.4 is 15.8 Å². The lowest BCUT2D eigenvalue weighted by Crippen LogP contribution is -2.50. The summed E-state index contributed by atoms with van der Waals surface area (Å²) >= 11 is 0. The maximum atomic E-state index is 13.8. The second-order valence-electron chi connectivity index (χ2n) is 14.1. The van der Waals surface area contributed by atoms with Gasteiger partial charge in [0.05, 0.1) is 30.2 Å². The number of ketones is 1. The van der Waals surface area contributed by atoms with E-state index in [0.717, 1.165) is 10.5 Å². The van der Waals surface area contributed by atoms with Crippen molar-refractivity contribution < 1.29 is 50.6 Å². The van der Waals surface area contributed by atoms with Crippen LogP contribution in [0.1, 0.15) is 64.2 Å². The molecule has 1 aliphatic rings. The van der Waals surface area contributed by atoms with E-state index in [9.17, 15) is 41.1 Å². The van der Waals surface area contributed by atoms with E-state index >= 15 is 0 Å². The van der Waals surface area contributed by atoms with Crippen molar-refractivity contribution in [1.82, 2.24) is 10.2 Å². The van der Waals surface area contributed by atoms with Crippen LogP contribution in [-0.4, -0.2) is 85.1 Å². The van der Waals surface area contributed by atoms with E-state index < -0.39 is 86.8 Å². The van der Waals surface area contributed by atoms with Crippen LogP contribution in [0.4, 0.5) is 18.0 Å². The topological polar surface area (TPSA) is 165 Å². The van der Waals surface area contributed by atoms with Gasteiger partial charge in [-0.2, -0.15) is 13.2 Å². The number of sulfone groups is 1. The third-order valence-corrected chi connectivity index (χ3v) is 10.7. The molecule has 4 N–H and O–H groups in total. The molecular weight excluding hydrogens is 679 g/mol. The first-order chi connectivity index (χ1) is 23.1.